The number of ketones is 1. The maximum absolute atomic E-state index is 14.3. The molecule has 0 radical (unpaired) electrons. The number of halogens is 1. The summed E-state index contributed by atoms with van der Waals surface area (Å²) in [5.41, 5.74) is 16.7. The minimum atomic E-state index is -2.82. The summed E-state index contributed by atoms with van der Waals surface area (Å²) in [6.45, 7) is 4.62. The Hall–Kier alpha value is -6.41. The molecule has 86 heavy (non-hydrogen) atoms. The number of aliphatic hydroxyl groups excluding tert-OH is 4. The zero-order valence-electron chi connectivity index (χ0n) is 49.8. The molecule has 1 aliphatic rings. The van der Waals surface area contributed by atoms with Gasteiger partial charge in [0.1, 0.15) is 60.4 Å². The van der Waals surface area contributed by atoms with Gasteiger partial charge in [-0.1, -0.05) is 84.1 Å². The highest BCUT2D eigenvalue weighted by Gasteiger charge is 2.41. The van der Waals surface area contributed by atoms with E-state index in [9.17, 15) is 83.1 Å². The Balaban J connectivity index is 4.09. The quantitative estimate of drug-likeness (QED) is 0.0139. The van der Waals surface area contributed by atoms with Crippen molar-refractivity contribution in [3.05, 3.63) is 11.8 Å². The number of alkyl halides is 1. The van der Waals surface area contributed by atoms with E-state index in [1.165, 1.54) is 6.92 Å². The molecule has 1 aliphatic heterocycles. The monoisotopic (exact) mass is 1250 g/mol. The zero-order chi connectivity index (χ0) is 64.9. The fourth-order valence-electron chi connectivity index (χ4n) is 8.76. The molecule has 12 atom stereocenters. The fourth-order valence-corrected chi connectivity index (χ4v) is 8.93. The summed E-state index contributed by atoms with van der Waals surface area (Å²) in [4.78, 5) is 165. The summed E-state index contributed by atoms with van der Waals surface area (Å²) in [6, 6.07) is -15.3. The first kappa shape index (κ1) is 77.6. The first-order valence-corrected chi connectivity index (χ1v) is 30.1. The van der Waals surface area contributed by atoms with Gasteiger partial charge < -0.3 is 95.3 Å². The minimum Gasteiger partial charge on any atom is -0.479 e. The van der Waals surface area contributed by atoms with Gasteiger partial charge in [-0.05, 0) is 78.4 Å². The number of unbranched alkanes of at least 4 members (excludes halogenated alkanes) is 10. The maximum atomic E-state index is 14.3. The molecule has 0 bridgehead atoms. The lowest BCUT2D eigenvalue weighted by molar-refractivity contribution is -0.155. The number of rotatable bonds is 31. The number of nitrogens with two attached hydrogens (primary N) is 3. The van der Waals surface area contributed by atoms with E-state index in [1.807, 2.05) is 17.6 Å². The van der Waals surface area contributed by atoms with Crippen molar-refractivity contribution in [2.75, 3.05) is 32.1 Å². The second kappa shape index (κ2) is 43.3. The van der Waals surface area contributed by atoms with Crippen molar-refractivity contribution < 1.29 is 87.8 Å². The van der Waals surface area contributed by atoms with E-state index < -0.39 is 175 Å². The van der Waals surface area contributed by atoms with E-state index >= 15 is 0 Å². The Morgan fingerprint density at radius 1 is 0.616 bits per heavy atom. The molecule has 31 heteroatoms. The number of Topliss-reactive ketones (excluding diaryl/α,β-unsaturated/α-hetero) is 1. The Labute approximate surface area is 506 Å². The third kappa shape index (κ3) is 29.3. The van der Waals surface area contributed by atoms with E-state index in [4.69, 9.17) is 33.5 Å². The van der Waals surface area contributed by atoms with Gasteiger partial charge >= 0.3 is 11.9 Å². The Morgan fingerprint density at radius 3 is 1.65 bits per heavy atom. The van der Waals surface area contributed by atoms with Crippen LogP contribution in [-0.4, -0.2) is 201 Å². The molecular weight excluding hydrogens is 1150 g/mol. The largest absolute Gasteiger partial charge is 0.479 e. The smallest absolute Gasteiger partial charge is 0.335 e. The number of aliphatic carboxylic acids is 1. The van der Waals surface area contributed by atoms with Crippen LogP contribution in [0.5, 0.6) is 0 Å². The molecule has 20 N–H and O–H groups in total. The maximum Gasteiger partial charge on any atom is 0.335 e. The molecule has 0 spiro atoms. The number of carbonyl (C=O) groups is 12. The summed E-state index contributed by atoms with van der Waals surface area (Å²) in [6.07, 6.45) is 1.55. The average molecular weight is 1250 g/mol. The van der Waals surface area contributed by atoms with Crippen molar-refractivity contribution in [2.24, 2.45) is 17.2 Å². The Kier molecular flexibility index (Phi) is 39.0. The van der Waals surface area contributed by atoms with Gasteiger partial charge in [-0.3, -0.25) is 47.9 Å². The number of carboxylic acid groups (broad SMARTS) is 1. The highest BCUT2D eigenvalue weighted by molar-refractivity contribution is 6.18. The van der Waals surface area contributed by atoms with Gasteiger partial charge in [0.2, 0.25) is 47.3 Å². The summed E-state index contributed by atoms with van der Waals surface area (Å²) in [5.74, 6) is -16.0. The van der Waals surface area contributed by atoms with Crippen molar-refractivity contribution in [1.29, 1.82) is 0 Å². The summed E-state index contributed by atoms with van der Waals surface area (Å²) in [5, 5.41) is 73.3. The van der Waals surface area contributed by atoms with Crippen LogP contribution in [0, 0.1) is 0 Å². The second-order valence-electron chi connectivity index (χ2n) is 21.1. The van der Waals surface area contributed by atoms with E-state index in [0.717, 1.165) is 64.4 Å². The van der Waals surface area contributed by atoms with Crippen LogP contribution in [-0.2, 0) is 62.3 Å². The average Bonchev–Trinajstić information content (AvgIpc) is 3.01. The van der Waals surface area contributed by atoms with Crippen molar-refractivity contribution in [3.8, 4) is 0 Å². The van der Waals surface area contributed by atoms with Crippen LogP contribution in [0.3, 0.4) is 0 Å². The van der Waals surface area contributed by atoms with Crippen molar-refractivity contribution in [1.82, 2.24) is 47.9 Å². The number of allylic oxidation sites excluding steroid dienone is 1. The van der Waals surface area contributed by atoms with Crippen LogP contribution in [0.1, 0.15) is 156 Å². The lowest BCUT2D eigenvalue weighted by Gasteiger charge is -2.29. The lowest BCUT2D eigenvalue weighted by atomic mass is 10.0. The minimum absolute atomic E-state index is 0.0323. The lowest BCUT2D eigenvalue weighted by Crippen LogP contribution is -2.62. The van der Waals surface area contributed by atoms with Gasteiger partial charge in [0.15, 0.2) is 12.1 Å². The predicted octanol–water partition coefficient (Wildman–Crippen LogP) is -3.48. The molecule has 1 fully saturated rings. The number of cyclic esters (lactones) is 1. The third-order valence-electron chi connectivity index (χ3n) is 13.8. The summed E-state index contributed by atoms with van der Waals surface area (Å²) < 4.78 is 5.33. The molecule has 0 aliphatic carbocycles. The van der Waals surface area contributed by atoms with Gasteiger partial charge in [0, 0.05) is 12.8 Å². The van der Waals surface area contributed by atoms with Crippen molar-refractivity contribution in [3.63, 3.8) is 0 Å². The van der Waals surface area contributed by atoms with Crippen molar-refractivity contribution >= 4 is 82.5 Å². The highest BCUT2D eigenvalue weighted by Crippen LogP contribution is 2.14. The first-order chi connectivity index (χ1) is 40.8. The van der Waals surface area contributed by atoms with Crippen LogP contribution >= 0.6 is 11.6 Å². The number of amides is 9. The Bertz CT molecular complexity index is 2250. The Morgan fingerprint density at radius 2 is 1.13 bits per heavy atom. The molecule has 490 valence electrons. The van der Waals surface area contributed by atoms with E-state index in [0.29, 0.717) is 25.7 Å². The van der Waals surface area contributed by atoms with E-state index in [1.54, 1.807) is 0 Å². The SMILES string of the molecule is C/C=C1/NC(=O)[C@H]([C@H](C)O)NC(=O)[C@H](CCN)NC(=O)[C@H](CCCCN)NC(=O)[C@H](CC(=O)CCCC)NC(=O)[C@@H](CCN)NC(=O)[C@@H](NC(=O)C[C@@H](O)CCCCCCCCCCC)COC(=O)[C@H]([C@H](O)CCl)NC(=O)[C@H](C(O)C(=O)O)NC1=O. The number of aliphatic hydroxyl groups is 4. The number of nitrogens with one attached hydrogen (secondary N) is 9. The van der Waals surface area contributed by atoms with Crippen LogP contribution in [0.2, 0.25) is 0 Å². The summed E-state index contributed by atoms with van der Waals surface area (Å²) >= 11 is 5.89. The normalized spacial score (nSPS) is 24.1. The standard InChI is InChI=1S/C55H95ClN12O18/c1-5-8-10-11-12-13-14-15-16-20-33(71)28-41(73)60-39-30-86-55(85)43(40(72)29-56)67-53(82)44(45(74)54(83)84)68-46(75)34(7-3)61-52(81)42(31(4)69)66-49(78)37(23-26-59)63-47(76)35(21-17-18-24-57)62-50(79)38(27-32(70)19-9-6-2)65-48(77)36(22-25-58)64-51(39)80/h7,31,33,35-40,42-45,69,71-72,74H,5-6,8-30,57-59H2,1-4H3,(H,60,73)(H,61,81)(H,62,79)(H,63,76)(H,64,80)(H,65,77)(H,66,78)(H,67,82)(H,68,75)(H,83,84)/b34-7+/t31-,33-,35-,36+,37-,38-,39-,40+,42-,43-,44-,45?/m0/s1. The summed E-state index contributed by atoms with van der Waals surface area (Å²) in [7, 11) is 0. The van der Waals surface area contributed by atoms with Crippen molar-refractivity contribution in [2.45, 2.75) is 229 Å². The van der Waals surface area contributed by atoms with Crippen LogP contribution in [0.25, 0.3) is 0 Å². The van der Waals surface area contributed by atoms with E-state index in [-0.39, 0.29) is 58.2 Å². The second-order valence-corrected chi connectivity index (χ2v) is 21.4. The molecule has 1 saturated heterocycles. The first-order valence-electron chi connectivity index (χ1n) is 29.5. The number of esters is 1. The fraction of sp³-hybridized carbons (Fsp3) is 0.745. The van der Waals surface area contributed by atoms with Gasteiger partial charge in [-0.15, -0.1) is 11.6 Å². The number of hydrogen-bond donors (Lipinski definition) is 17. The van der Waals surface area contributed by atoms with Gasteiger partial charge in [0.25, 0.3) is 5.91 Å². The molecule has 1 unspecified atom stereocenters. The molecule has 1 heterocycles. The number of carbonyl (C=O) groups excluding carboxylic acids is 11. The van der Waals surface area contributed by atoms with Gasteiger partial charge in [-0.2, -0.15) is 0 Å². The van der Waals surface area contributed by atoms with Crippen LogP contribution < -0.4 is 65.1 Å². The molecular formula is C55H95ClN12O18. The third-order valence-corrected chi connectivity index (χ3v) is 14.1. The van der Waals surface area contributed by atoms with Gasteiger partial charge in [0.05, 0.1) is 30.6 Å². The molecule has 0 aromatic rings. The molecule has 9 amide bonds. The number of carboxylic acids is 1. The van der Waals surface area contributed by atoms with E-state index in [2.05, 4.69) is 44.1 Å². The topological polar surface area (TPSA) is 502 Å². The zero-order valence-corrected chi connectivity index (χ0v) is 50.6. The highest BCUT2D eigenvalue weighted by atomic mass is 35.5. The molecule has 30 nitrogen and oxygen atoms in total. The molecule has 1 rings (SSSR count). The number of hydrogen-bond acceptors (Lipinski definition) is 20. The number of ether oxygens (including phenoxy) is 1. The predicted molar refractivity (Wildman–Crippen MR) is 312 cm³/mol. The molecule has 0 aromatic heterocycles. The molecule has 0 saturated carbocycles. The van der Waals surface area contributed by atoms with Crippen LogP contribution in [0.4, 0.5) is 0 Å². The molecule has 0 aromatic carbocycles. The van der Waals surface area contributed by atoms with Gasteiger partial charge in [-0.25, -0.2) is 9.59 Å². The van der Waals surface area contributed by atoms with Crippen LogP contribution in [0.15, 0.2) is 11.8 Å².